The van der Waals surface area contributed by atoms with Crippen molar-refractivity contribution < 1.29 is 0 Å². The summed E-state index contributed by atoms with van der Waals surface area (Å²) in [6.07, 6.45) is 1.82. The maximum Gasteiger partial charge on any atom is 0.0768 e. The minimum atomic E-state index is 0.153. The van der Waals surface area contributed by atoms with Crippen LogP contribution in [0.5, 0.6) is 0 Å². The second-order valence-corrected chi connectivity index (χ2v) is 5.55. The Bertz CT molecular complexity index is 481. The molecule has 0 amide bonds. The summed E-state index contributed by atoms with van der Waals surface area (Å²) in [5.74, 6) is 0. The molecule has 0 saturated heterocycles. The lowest BCUT2D eigenvalue weighted by atomic mass is 10.1. The molecule has 2 aromatic rings. The van der Waals surface area contributed by atoms with Gasteiger partial charge in [0.25, 0.3) is 0 Å². The first kappa shape index (κ1) is 11.8. The van der Waals surface area contributed by atoms with Crippen molar-refractivity contribution in [2.75, 3.05) is 7.05 Å². The van der Waals surface area contributed by atoms with E-state index in [1.54, 1.807) is 11.3 Å². The van der Waals surface area contributed by atoms with Crippen molar-refractivity contribution in [2.24, 2.45) is 0 Å². The molecule has 2 rings (SSSR count). The fourth-order valence-corrected chi connectivity index (χ4v) is 2.90. The molecule has 2 heterocycles. The average Bonchev–Trinajstić information content (AvgIpc) is 2.69. The van der Waals surface area contributed by atoms with Crippen LogP contribution in [0.1, 0.15) is 22.2 Å². The highest BCUT2D eigenvalue weighted by Gasteiger charge is 2.16. The van der Waals surface area contributed by atoms with Crippen LogP contribution in [0.4, 0.5) is 0 Å². The molecule has 1 unspecified atom stereocenters. The quantitative estimate of drug-likeness (QED) is 0.937. The normalized spacial score (nSPS) is 12.7. The van der Waals surface area contributed by atoms with Crippen LogP contribution in [0, 0.1) is 6.92 Å². The van der Waals surface area contributed by atoms with Crippen molar-refractivity contribution in [2.45, 2.75) is 13.0 Å². The summed E-state index contributed by atoms with van der Waals surface area (Å²) < 4.78 is 1.04. The first-order valence-corrected chi connectivity index (χ1v) is 6.72. The predicted molar refractivity (Wildman–Crippen MR) is 71.9 cm³/mol. The van der Waals surface area contributed by atoms with Crippen LogP contribution in [0.25, 0.3) is 0 Å². The zero-order chi connectivity index (χ0) is 11.5. The molecule has 0 aliphatic heterocycles. The van der Waals surface area contributed by atoms with Crippen molar-refractivity contribution in [1.82, 2.24) is 10.3 Å². The molecule has 0 fully saturated rings. The molecule has 2 nitrogen and oxygen atoms in total. The molecule has 0 saturated carbocycles. The molecule has 2 aromatic heterocycles. The van der Waals surface area contributed by atoms with Crippen LogP contribution < -0.4 is 5.32 Å². The molecule has 1 atom stereocenters. The Morgan fingerprint density at radius 3 is 2.88 bits per heavy atom. The summed E-state index contributed by atoms with van der Waals surface area (Å²) in [5.41, 5.74) is 2.30. The van der Waals surface area contributed by atoms with Crippen LogP contribution in [-0.2, 0) is 0 Å². The van der Waals surface area contributed by atoms with Gasteiger partial charge in [0.15, 0.2) is 0 Å². The number of pyridine rings is 1. The summed E-state index contributed by atoms with van der Waals surface area (Å²) in [6, 6.07) is 6.30. The standard InChI is InChI=1S/C12H13BrN2S/c1-8-6-9(7-16-8)11(14-2)12-10(13)4-3-5-15-12/h3-7,11,14H,1-2H3. The highest BCUT2D eigenvalue weighted by molar-refractivity contribution is 9.10. The van der Waals surface area contributed by atoms with Gasteiger partial charge in [-0.3, -0.25) is 4.98 Å². The molecular weight excluding hydrogens is 284 g/mol. The molecule has 84 valence electrons. The van der Waals surface area contributed by atoms with Crippen molar-refractivity contribution in [3.63, 3.8) is 0 Å². The van der Waals surface area contributed by atoms with Gasteiger partial charge >= 0.3 is 0 Å². The second kappa shape index (κ2) is 5.08. The summed E-state index contributed by atoms with van der Waals surface area (Å²) in [7, 11) is 1.96. The zero-order valence-corrected chi connectivity index (χ0v) is 11.6. The van der Waals surface area contributed by atoms with Crippen LogP contribution in [0.2, 0.25) is 0 Å². The van der Waals surface area contributed by atoms with Crippen molar-refractivity contribution in [3.05, 3.63) is 50.4 Å². The van der Waals surface area contributed by atoms with Crippen LogP contribution in [0.15, 0.2) is 34.2 Å². The monoisotopic (exact) mass is 296 g/mol. The van der Waals surface area contributed by atoms with Crippen LogP contribution in [0.3, 0.4) is 0 Å². The minimum absolute atomic E-state index is 0.153. The smallest absolute Gasteiger partial charge is 0.0768 e. The summed E-state index contributed by atoms with van der Waals surface area (Å²) >= 11 is 5.31. The van der Waals surface area contributed by atoms with E-state index in [1.807, 2.05) is 25.4 Å². The van der Waals surface area contributed by atoms with Gasteiger partial charge in [-0.05, 0) is 59.0 Å². The zero-order valence-electron chi connectivity index (χ0n) is 9.20. The van der Waals surface area contributed by atoms with E-state index in [1.165, 1.54) is 10.4 Å². The van der Waals surface area contributed by atoms with E-state index >= 15 is 0 Å². The molecule has 0 aromatic carbocycles. The van der Waals surface area contributed by atoms with Gasteiger partial charge in [-0.1, -0.05) is 0 Å². The summed E-state index contributed by atoms with van der Waals surface area (Å²) in [6.45, 7) is 2.12. The number of aromatic nitrogens is 1. The van der Waals surface area contributed by atoms with Crippen molar-refractivity contribution >= 4 is 27.3 Å². The lowest BCUT2D eigenvalue weighted by molar-refractivity contribution is 0.669. The Kier molecular flexibility index (Phi) is 3.74. The Hall–Kier alpha value is -0.710. The Morgan fingerprint density at radius 2 is 2.31 bits per heavy atom. The van der Waals surface area contributed by atoms with E-state index in [2.05, 4.69) is 44.6 Å². The molecule has 0 aliphatic carbocycles. The van der Waals surface area contributed by atoms with Crippen molar-refractivity contribution in [1.29, 1.82) is 0 Å². The van der Waals surface area contributed by atoms with Gasteiger partial charge < -0.3 is 5.32 Å². The maximum atomic E-state index is 4.43. The van der Waals surface area contributed by atoms with E-state index in [9.17, 15) is 0 Å². The number of nitrogens with zero attached hydrogens (tertiary/aromatic N) is 1. The predicted octanol–water partition coefficient (Wildman–Crippen LogP) is 3.52. The third-order valence-electron chi connectivity index (χ3n) is 2.43. The highest BCUT2D eigenvalue weighted by atomic mass is 79.9. The van der Waals surface area contributed by atoms with Gasteiger partial charge in [-0.15, -0.1) is 11.3 Å². The minimum Gasteiger partial charge on any atom is -0.308 e. The fourth-order valence-electron chi connectivity index (χ4n) is 1.69. The van der Waals surface area contributed by atoms with E-state index in [0.29, 0.717) is 0 Å². The third-order valence-corrected chi connectivity index (χ3v) is 3.98. The van der Waals surface area contributed by atoms with Gasteiger partial charge in [0.05, 0.1) is 11.7 Å². The van der Waals surface area contributed by atoms with Crippen LogP contribution in [-0.4, -0.2) is 12.0 Å². The van der Waals surface area contributed by atoms with E-state index in [-0.39, 0.29) is 6.04 Å². The molecule has 0 aliphatic rings. The van der Waals surface area contributed by atoms with Gasteiger partial charge in [-0.2, -0.15) is 0 Å². The van der Waals surface area contributed by atoms with Gasteiger partial charge in [0, 0.05) is 15.5 Å². The number of aryl methyl sites for hydroxylation is 1. The molecule has 0 spiro atoms. The third kappa shape index (κ3) is 2.34. The number of nitrogens with one attached hydrogen (secondary N) is 1. The first-order valence-electron chi connectivity index (χ1n) is 5.05. The lowest BCUT2D eigenvalue weighted by Crippen LogP contribution is -2.18. The number of hydrogen-bond acceptors (Lipinski definition) is 3. The van der Waals surface area contributed by atoms with E-state index < -0.39 is 0 Å². The number of rotatable bonds is 3. The fraction of sp³-hybridized carbons (Fsp3) is 0.250. The number of thiophene rings is 1. The lowest BCUT2D eigenvalue weighted by Gasteiger charge is -2.15. The molecule has 16 heavy (non-hydrogen) atoms. The summed E-state index contributed by atoms with van der Waals surface area (Å²) in [4.78, 5) is 5.75. The van der Waals surface area contributed by atoms with Crippen molar-refractivity contribution in [3.8, 4) is 0 Å². The SMILES string of the molecule is CNC(c1csc(C)c1)c1ncccc1Br. The maximum absolute atomic E-state index is 4.43. The summed E-state index contributed by atoms with van der Waals surface area (Å²) in [5, 5.41) is 5.48. The Balaban J connectivity index is 2.40. The molecule has 4 heteroatoms. The average molecular weight is 297 g/mol. The molecular formula is C12H13BrN2S. The van der Waals surface area contributed by atoms with E-state index in [0.717, 1.165) is 10.2 Å². The molecule has 1 N–H and O–H groups in total. The number of hydrogen-bond donors (Lipinski definition) is 1. The second-order valence-electron chi connectivity index (χ2n) is 3.58. The largest absolute Gasteiger partial charge is 0.308 e. The van der Waals surface area contributed by atoms with Gasteiger partial charge in [-0.25, -0.2) is 0 Å². The van der Waals surface area contributed by atoms with Crippen LogP contribution >= 0.6 is 27.3 Å². The Labute approximate surface area is 108 Å². The first-order chi connectivity index (χ1) is 7.72. The number of halogens is 1. The van der Waals surface area contributed by atoms with Gasteiger partial charge in [0.2, 0.25) is 0 Å². The molecule has 0 radical (unpaired) electrons. The van der Waals surface area contributed by atoms with E-state index in [4.69, 9.17) is 0 Å². The highest BCUT2D eigenvalue weighted by Crippen LogP contribution is 2.28. The van der Waals surface area contributed by atoms with Gasteiger partial charge in [0.1, 0.15) is 0 Å². The molecule has 0 bridgehead atoms. The Morgan fingerprint density at radius 1 is 1.50 bits per heavy atom. The topological polar surface area (TPSA) is 24.9 Å².